The highest BCUT2D eigenvalue weighted by Crippen LogP contribution is 2.58. The molecule has 10 aromatic carbocycles. The van der Waals surface area contributed by atoms with E-state index in [1.54, 1.807) is 0 Å². The van der Waals surface area contributed by atoms with Crippen molar-refractivity contribution in [3.8, 4) is 55.6 Å². The zero-order valence-corrected chi connectivity index (χ0v) is 36.6. The number of rotatable bonds is 8. The quantitative estimate of drug-likeness (QED) is 0.147. The number of hydrogen-bond acceptors (Lipinski definition) is 1. The van der Waals surface area contributed by atoms with Gasteiger partial charge in [0.1, 0.15) is 0 Å². The van der Waals surface area contributed by atoms with Crippen LogP contribution in [-0.2, 0) is 10.8 Å². The second-order valence-corrected chi connectivity index (χ2v) is 18.0. The molecular weight excluding hydrogens is 783 g/mol. The molecule has 0 aromatic heterocycles. The third kappa shape index (κ3) is 6.07. The monoisotopic (exact) mass is 829 g/mol. The molecule has 12 rings (SSSR count). The van der Waals surface area contributed by atoms with Gasteiger partial charge >= 0.3 is 0 Å². The maximum absolute atomic E-state index is 2.53. The van der Waals surface area contributed by atoms with Crippen LogP contribution in [-0.4, -0.2) is 0 Å². The lowest BCUT2D eigenvalue weighted by atomic mass is 9.67. The lowest BCUT2D eigenvalue weighted by Gasteiger charge is -2.35. The predicted octanol–water partition coefficient (Wildman–Crippen LogP) is 16.8. The second kappa shape index (κ2) is 15.4. The minimum absolute atomic E-state index is 0.170. The van der Waals surface area contributed by atoms with Gasteiger partial charge in [-0.15, -0.1) is 0 Å². The van der Waals surface area contributed by atoms with E-state index in [9.17, 15) is 0 Å². The third-order valence-electron chi connectivity index (χ3n) is 14.2. The van der Waals surface area contributed by atoms with Crippen LogP contribution in [0, 0.1) is 0 Å². The van der Waals surface area contributed by atoms with Crippen molar-refractivity contribution in [1.82, 2.24) is 0 Å². The first kappa shape index (κ1) is 38.7. The maximum atomic E-state index is 2.53. The van der Waals surface area contributed by atoms with E-state index in [4.69, 9.17) is 0 Å². The average molecular weight is 830 g/mol. The molecule has 0 amide bonds. The Morgan fingerprint density at radius 2 is 0.692 bits per heavy atom. The Bertz CT molecular complexity index is 3350. The Balaban J connectivity index is 1.14. The van der Waals surface area contributed by atoms with Crippen LogP contribution in [0.25, 0.3) is 55.6 Å². The van der Waals surface area contributed by atoms with E-state index in [0.717, 1.165) is 28.2 Å². The van der Waals surface area contributed by atoms with Crippen molar-refractivity contribution in [1.29, 1.82) is 0 Å². The molecule has 0 spiro atoms. The molecule has 0 heterocycles. The minimum atomic E-state index is -0.537. The first-order valence-corrected chi connectivity index (χ1v) is 22.8. The molecule has 0 saturated heterocycles. The molecule has 0 atom stereocenters. The van der Waals surface area contributed by atoms with E-state index in [-0.39, 0.29) is 5.41 Å². The molecule has 0 bridgehead atoms. The lowest BCUT2D eigenvalue weighted by Crippen LogP contribution is -2.28. The highest BCUT2D eigenvalue weighted by atomic mass is 15.1. The van der Waals surface area contributed by atoms with Gasteiger partial charge in [0.25, 0.3) is 0 Å². The Morgan fingerprint density at radius 1 is 0.277 bits per heavy atom. The summed E-state index contributed by atoms with van der Waals surface area (Å²) in [6.45, 7) is 4.75. The molecule has 0 fully saturated rings. The third-order valence-corrected chi connectivity index (χ3v) is 14.2. The summed E-state index contributed by atoms with van der Waals surface area (Å²) in [6.07, 6.45) is 0. The molecule has 0 radical (unpaired) electrons. The fraction of sp³-hybridized carbons (Fsp3) is 0.0625. The second-order valence-electron chi connectivity index (χ2n) is 18.0. The van der Waals surface area contributed by atoms with Gasteiger partial charge < -0.3 is 4.90 Å². The first-order chi connectivity index (χ1) is 32.0. The summed E-state index contributed by atoms with van der Waals surface area (Å²) in [4.78, 5) is 2.53. The predicted molar refractivity (Wildman–Crippen MR) is 272 cm³/mol. The normalized spacial score (nSPS) is 13.6. The SMILES string of the molecule is CC1(C)c2ccccc2-c2ccc(N(c3ccc4c(c3)C(c3ccccc3)(c3ccccc3)c3ccccc3-4)c3ccc(-c4ccccc4-c4ccccc4)cc3-c3ccccc3)cc21. The van der Waals surface area contributed by atoms with Crippen LogP contribution in [0.3, 0.4) is 0 Å². The molecule has 0 N–H and O–H groups in total. The standard InChI is InChI=1S/C64H47N/c1-63(2)58-33-19-17-31-53(58)55-38-36-49(42-60(55)63)65(62-40-35-46(41-57(62)45-23-9-4-10-24-45)52-30-16-15-29-51(52)44-21-7-3-8-22-44)50-37-39-56-54-32-18-20-34-59(54)64(61(56)43-50,47-25-11-5-12-26-47)48-27-13-6-14-28-48/h3-43H,1-2H3. The van der Waals surface area contributed by atoms with E-state index < -0.39 is 5.41 Å². The summed E-state index contributed by atoms with van der Waals surface area (Å²) in [6, 6.07) is 92.1. The van der Waals surface area contributed by atoms with Gasteiger partial charge in [0.15, 0.2) is 0 Å². The summed E-state index contributed by atoms with van der Waals surface area (Å²) in [5.41, 5.74) is 22.7. The van der Waals surface area contributed by atoms with E-state index in [1.165, 1.54) is 77.9 Å². The van der Waals surface area contributed by atoms with Crippen LogP contribution in [0.1, 0.15) is 47.2 Å². The van der Waals surface area contributed by atoms with Gasteiger partial charge in [-0.3, -0.25) is 0 Å². The summed E-state index contributed by atoms with van der Waals surface area (Å²) in [7, 11) is 0. The van der Waals surface area contributed by atoms with Gasteiger partial charge in [-0.25, -0.2) is 0 Å². The Kier molecular flexibility index (Phi) is 9.14. The number of anilines is 3. The van der Waals surface area contributed by atoms with Gasteiger partial charge in [0.2, 0.25) is 0 Å². The molecule has 0 unspecified atom stereocenters. The van der Waals surface area contributed by atoms with Crippen molar-refractivity contribution in [3.05, 3.63) is 282 Å². The molecule has 10 aromatic rings. The van der Waals surface area contributed by atoms with E-state index in [2.05, 4.69) is 267 Å². The fourth-order valence-electron chi connectivity index (χ4n) is 11.2. The van der Waals surface area contributed by atoms with Crippen LogP contribution in [0.4, 0.5) is 17.1 Å². The maximum Gasteiger partial charge on any atom is 0.0714 e. The van der Waals surface area contributed by atoms with E-state index in [0.29, 0.717) is 0 Å². The first-order valence-electron chi connectivity index (χ1n) is 22.8. The minimum Gasteiger partial charge on any atom is -0.310 e. The van der Waals surface area contributed by atoms with Crippen LogP contribution < -0.4 is 4.90 Å². The zero-order chi connectivity index (χ0) is 43.5. The van der Waals surface area contributed by atoms with Gasteiger partial charge in [0, 0.05) is 22.4 Å². The Morgan fingerprint density at radius 3 is 1.28 bits per heavy atom. The van der Waals surface area contributed by atoms with Crippen molar-refractivity contribution in [2.45, 2.75) is 24.7 Å². The smallest absolute Gasteiger partial charge is 0.0714 e. The molecule has 2 aliphatic rings. The van der Waals surface area contributed by atoms with Gasteiger partial charge in [-0.05, 0) is 120 Å². The highest BCUT2D eigenvalue weighted by Gasteiger charge is 2.46. The summed E-state index contributed by atoms with van der Waals surface area (Å²) in [5.74, 6) is 0. The highest BCUT2D eigenvalue weighted by molar-refractivity contribution is 5.96. The van der Waals surface area contributed by atoms with Gasteiger partial charge in [0.05, 0.1) is 11.1 Å². The number of benzene rings is 10. The Labute approximate surface area is 382 Å². The number of nitrogens with zero attached hydrogens (tertiary/aromatic N) is 1. The molecule has 0 aliphatic heterocycles. The van der Waals surface area contributed by atoms with Crippen LogP contribution in [0.2, 0.25) is 0 Å². The lowest BCUT2D eigenvalue weighted by molar-refractivity contribution is 0.660. The average Bonchev–Trinajstić information content (AvgIpc) is 3.80. The largest absolute Gasteiger partial charge is 0.310 e. The molecule has 2 aliphatic carbocycles. The molecule has 65 heavy (non-hydrogen) atoms. The van der Waals surface area contributed by atoms with Crippen LogP contribution in [0.5, 0.6) is 0 Å². The van der Waals surface area contributed by atoms with Gasteiger partial charge in [-0.1, -0.05) is 226 Å². The van der Waals surface area contributed by atoms with Crippen LogP contribution >= 0.6 is 0 Å². The molecule has 1 nitrogen and oxygen atoms in total. The molecular formula is C64H47N. The zero-order valence-electron chi connectivity index (χ0n) is 36.6. The number of fused-ring (bicyclic) bond motifs is 6. The van der Waals surface area contributed by atoms with E-state index >= 15 is 0 Å². The molecule has 0 saturated carbocycles. The van der Waals surface area contributed by atoms with Crippen molar-refractivity contribution in [3.63, 3.8) is 0 Å². The topological polar surface area (TPSA) is 3.24 Å². The Hall–Kier alpha value is -8.00. The summed E-state index contributed by atoms with van der Waals surface area (Å²) >= 11 is 0. The summed E-state index contributed by atoms with van der Waals surface area (Å²) < 4.78 is 0. The van der Waals surface area contributed by atoms with E-state index in [1.807, 2.05) is 0 Å². The number of hydrogen-bond donors (Lipinski definition) is 0. The van der Waals surface area contributed by atoms with Crippen molar-refractivity contribution < 1.29 is 0 Å². The van der Waals surface area contributed by atoms with Crippen molar-refractivity contribution in [2.75, 3.05) is 4.90 Å². The fourth-order valence-corrected chi connectivity index (χ4v) is 11.2. The molecule has 1 heteroatoms. The summed E-state index contributed by atoms with van der Waals surface area (Å²) in [5, 5.41) is 0. The van der Waals surface area contributed by atoms with Crippen LogP contribution in [0.15, 0.2) is 249 Å². The van der Waals surface area contributed by atoms with Crippen molar-refractivity contribution >= 4 is 17.1 Å². The van der Waals surface area contributed by atoms with Gasteiger partial charge in [-0.2, -0.15) is 0 Å². The molecule has 308 valence electrons. The van der Waals surface area contributed by atoms with Crippen molar-refractivity contribution in [2.24, 2.45) is 0 Å².